The molecule has 1 N–H and O–H groups in total. The maximum Gasteiger partial charge on any atom is 0.260 e. The predicted octanol–water partition coefficient (Wildman–Crippen LogP) is 2.88. The van der Waals surface area contributed by atoms with Gasteiger partial charge in [0.15, 0.2) is 0 Å². The van der Waals surface area contributed by atoms with Crippen LogP contribution in [0.5, 0.6) is 0 Å². The molecule has 0 bridgehead atoms. The van der Waals surface area contributed by atoms with E-state index in [1.807, 2.05) is 0 Å². The first-order chi connectivity index (χ1) is 11.0. The monoisotopic (exact) mass is 377 g/mol. The summed E-state index contributed by atoms with van der Waals surface area (Å²) >= 11 is 3.42. The van der Waals surface area contributed by atoms with Gasteiger partial charge in [0.05, 0.1) is 15.4 Å². The molecule has 122 valence electrons. The van der Waals surface area contributed by atoms with Crippen LogP contribution in [0.2, 0.25) is 0 Å². The van der Waals surface area contributed by atoms with E-state index in [9.17, 15) is 9.59 Å². The predicted molar refractivity (Wildman–Crippen MR) is 95.3 cm³/mol. The van der Waals surface area contributed by atoms with Crippen LogP contribution in [-0.2, 0) is 11.3 Å². The molecule has 6 heteroatoms. The van der Waals surface area contributed by atoms with Crippen LogP contribution in [0.3, 0.4) is 0 Å². The summed E-state index contributed by atoms with van der Waals surface area (Å²) in [5.41, 5.74) is 0.519. The molecule has 0 radical (unpaired) electrons. The number of nitrogens with one attached hydrogen (secondary N) is 1. The normalized spacial score (nSPS) is 11.5. The first kappa shape index (κ1) is 17.4. The average molecular weight is 378 g/mol. The number of carbonyl (C=O) groups excluding carboxylic acids is 1. The van der Waals surface area contributed by atoms with Crippen molar-refractivity contribution in [1.29, 1.82) is 0 Å². The van der Waals surface area contributed by atoms with E-state index in [0.717, 1.165) is 10.9 Å². The zero-order chi connectivity index (χ0) is 16.8. The van der Waals surface area contributed by atoms with Crippen LogP contribution in [0.1, 0.15) is 20.3 Å². The van der Waals surface area contributed by atoms with Gasteiger partial charge in [-0.15, -0.1) is 0 Å². The molecule has 0 unspecified atom stereocenters. The van der Waals surface area contributed by atoms with E-state index >= 15 is 0 Å². The Labute approximate surface area is 143 Å². The summed E-state index contributed by atoms with van der Waals surface area (Å²) in [5.74, 6) is 0.418. The SMILES string of the molecule is CC(C)CCNC(=O)/C=C/Cn1cc(Br)c2ncccc2c1=O. The second kappa shape index (κ2) is 8.06. The van der Waals surface area contributed by atoms with Crippen LogP contribution in [0.4, 0.5) is 0 Å². The van der Waals surface area contributed by atoms with Crippen LogP contribution in [0.25, 0.3) is 10.9 Å². The molecule has 1 amide bonds. The summed E-state index contributed by atoms with van der Waals surface area (Å²) in [6, 6.07) is 3.48. The number of allylic oxidation sites excluding steroid dienone is 1. The van der Waals surface area contributed by atoms with E-state index in [1.54, 1.807) is 35.2 Å². The van der Waals surface area contributed by atoms with Gasteiger partial charge >= 0.3 is 0 Å². The summed E-state index contributed by atoms with van der Waals surface area (Å²) in [7, 11) is 0. The van der Waals surface area contributed by atoms with Gasteiger partial charge in [-0.3, -0.25) is 14.6 Å². The van der Waals surface area contributed by atoms with Crippen LogP contribution in [0.15, 0.2) is 45.9 Å². The average Bonchev–Trinajstić information content (AvgIpc) is 2.52. The highest BCUT2D eigenvalue weighted by molar-refractivity contribution is 9.10. The van der Waals surface area contributed by atoms with E-state index in [4.69, 9.17) is 0 Å². The molecule has 0 saturated heterocycles. The topological polar surface area (TPSA) is 64.0 Å². The zero-order valence-electron chi connectivity index (χ0n) is 13.3. The quantitative estimate of drug-likeness (QED) is 0.787. The van der Waals surface area contributed by atoms with Crippen molar-refractivity contribution in [2.24, 2.45) is 5.92 Å². The van der Waals surface area contributed by atoms with Crippen LogP contribution < -0.4 is 10.9 Å². The lowest BCUT2D eigenvalue weighted by atomic mass is 10.1. The van der Waals surface area contributed by atoms with Crippen molar-refractivity contribution in [2.75, 3.05) is 6.54 Å². The molecule has 23 heavy (non-hydrogen) atoms. The maximum absolute atomic E-state index is 12.4. The summed E-state index contributed by atoms with van der Waals surface area (Å²) in [6.45, 7) is 5.22. The van der Waals surface area contributed by atoms with E-state index in [-0.39, 0.29) is 11.5 Å². The number of halogens is 1. The van der Waals surface area contributed by atoms with Crippen molar-refractivity contribution in [2.45, 2.75) is 26.8 Å². The van der Waals surface area contributed by atoms with Gasteiger partial charge in [-0.05, 0) is 40.4 Å². The lowest BCUT2D eigenvalue weighted by molar-refractivity contribution is -0.116. The van der Waals surface area contributed by atoms with Crippen LogP contribution in [0, 0.1) is 5.92 Å². The Bertz CT molecular complexity index is 781. The summed E-state index contributed by atoms with van der Waals surface area (Å²) in [4.78, 5) is 28.2. The second-order valence-corrected chi connectivity index (χ2v) is 6.56. The number of pyridine rings is 2. The third-order valence-corrected chi connectivity index (χ3v) is 3.97. The molecule has 0 aliphatic carbocycles. The Hall–Kier alpha value is -1.95. The number of aromatic nitrogens is 2. The molecule has 5 nitrogen and oxygen atoms in total. The summed E-state index contributed by atoms with van der Waals surface area (Å²) in [5, 5.41) is 3.38. The molecule has 2 aromatic rings. The fourth-order valence-electron chi connectivity index (χ4n) is 2.13. The molecule has 2 aromatic heterocycles. The number of nitrogens with zero attached hydrogens (tertiary/aromatic N) is 2. The molecule has 2 heterocycles. The Balaban J connectivity index is 2.05. The molecule has 0 aliphatic heterocycles. The van der Waals surface area contributed by atoms with Gasteiger partial charge < -0.3 is 9.88 Å². The minimum absolute atomic E-state index is 0.124. The fourth-order valence-corrected chi connectivity index (χ4v) is 2.69. The zero-order valence-corrected chi connectivity index (χ0v) is 14.8. The van der Waals surface area contributed by atoms with Crippen molar-refractivity contribution in [3.63, 3.8) is 0 Å². The van der Waals surface area contributed by atoms with E-state index < -0.39 is 0 Å². The first-order valence-electron chi connectivity index (χ1n) is 7.57. The molecule has 0 aliphatic rings. The summed E-state index contributed by atoms with van der Waals surface area (Å²) in [6.07, 6.45) is 7.44. The van der Waals surface area contributed by atoms with E-state index in [1.165, 1.54) is 6.08 Å². The lowest BCUT2D eigenvalue weighted by Crippen LogP contribution is -2.23. The molecule has 0 fully saturated rings. The second-order valence-electron chi connectivity index (χ2n) is 5.71. The minimum atomic E-state index is -0.139. The van der Waals surface area contributed by atoms with Crippen molar-refractivity contribution in [3.8, 4) is 0 Å². The van der Waals surface area contributed by atoms with Crippen molar-refractivity contribution in [1.82, 2.24) is 14.9 Å². The third kappa shape index (κ3) is 4.76. The lowest BCUT2D eigenvalue weighted by Gasteiger charge is -2.06. The van der Waals surface area contributed by atoms with Crippen molar-refractivity contribution < 1.29 is 4.79 Å². The standard InChI is InChI=1S/C17H20BrN3O2/c1-12(2)7-9-19-15(22)6-4-10-21-11-14(18)16-13(17(21)23)5-3-8-20-16/h3-6,8,11-12H,7,9-10H2,1-2H3,(H,19,22)/b6-4+. The molecule has 0 aromatic carbocycles. The highest BCUT2D eigenvalue weighted by Gasteiger charge is 2.06. The molecule has 0 saturated carbocycles. The van der Waals surface area contributed by atoms with Gasteiger partial charge in [0.2, 0.25) is 5.91 Å². The Kier molecular flexibility index (Phi) is 6.10. The largest absolute Gasteiger partial charge is 0.353 e. The summed E-state index contributed by atoms with van der Waals surface area (Å²) < 4.78 is 2.30. The van der Waals surface area contributed by atoms with Gasteiger partial charge in [-0.25, -0.2) is 0 Å². The number of rotatable bonds is 6. The number of hydrogen-bond donors (Lipinski definition) is 1. The first-order valence-corrected chi connectivity index (χ1v) is 8.36. The third-order valence-electron chi connectivity index (χ3n) is 3.39. The van der Waals surface area contributed by atoms with Gasteiger partial charge in [0.1, 0.15) is 0 Å². The van der Waals surface area contributed by atoms with Crippen LogP contribution in [-0.4, -0.2) is 22.0 Å². The molecule has 2 rings (SSSR count). The minimum Gasteiger partial charge on any atom is -0.353 e. The highest BCUT2D eigenvalue weighted by Crippen LogP contribution is 2.18. The Morgan fingerprint density at radius 2 is 2.26 bits per heavy atom. The molecule has 0 spiro atoms. The van der Waals surface area contributed by atoms with Gasteiger partial charge in [0.25, 0.3) is 5.56 Å². The Morgan fingerprint density at radius 1 is 1.48 bits per heavy atom. The van der Waals surface area contributed by atoms with E-state index in [2.05, 4.69) is 40.1 Å². The fraction of sp³-hybridized carbons (Fsp3) is 0.353. The highest BCUT2D eigenvalue weighted by atomic mass is 79.9. The smallest absolute Gasteiger partial charge is 0.260 e. The molecular formula is C17H20BrN3O2. The van der Waals surface area contributed by atoms with Crippen LogP contribution >= 0.6 is 15.9 Å². The number of hydrogen-bond acceptors (Lipinski definition) is 3. The maximum atomic E-state index is 12.4. The molecular weight excluding hydrogens is 358 g/mol. The van der Waals surface area contributed by atoms with E-state index in [0.29, 0.717) is 29.9 Å². The van der Waals surface area contributed by atoms with Gasteiger partial charge in [0, 0.05) is 31.6 Å². The van der Waals surface area contributed by atoms with Gasteiger partial charge in [-0.1, -0.05) is 19.9 Å². The number of fused-ring (bicyclic) bond motifs is 1. The van der Waals surface area contributed by atoms with Crippen molar-refractivity contribution >= 4 is 32.7 Å². The Morgan fingerprint density at radius 3 is 3.00 bits per heavy atom. The van der Waals surface area contributed by atoms with Gasteiger partial charge in [-0.2, -0.15) is 0 Å². The number of carbonyl (C=O) groups is 1. The number of amides is 1. The van der Waals surface area contributed by atoms with Crippen molar-refractivity contribution in [3.05, 3.63) is 51.5 Å². The molecule has 0 atom stereocenters.